The van der Waals surface area contributed by atoms with E-state index in [1.807, 2.05) is 0 Å². The van der Waals surface area contributed by atoms with Gasteiger partial charge in [-0.25, -0.2) is 4.99 Å². The van der Waals surface area contributed by atoms with Crippen LogP contribution in [-0.4, -0.2) is 54.8 Å². The third-order valence-corrected chi connectivity index (χ3v) is 3.16. The summed E-state index contributed by atoms with van der Waals surface area (Å²) in [7, 11) is 0. The monoisotopic (exact) mass is 225 g/mol. The second-order valence-electron chi connectivity index (χ2n) is 4.27. The van der Waals surface area contributed by atoms with E-state index < -0.39 is 0 Å². The van der Waals surface area contributed by atoms with Gasteiger partial charge >= 0.3 is 0 Å². The zero-order chi connectivity index (χ0) is 11.5. The Morgan fingerprint density at radius 3 is 3.25 bits per heavy atom. The highest BCUT2D eigenvalue weighted by molar-refractivity contribution is 5.59. The third-order valence-electron chi connectivity index (χ3n) is 3.16. The molecule has 2 aliphatic heterocycles. The first kappa shape index (κ1) is 11.4. The van der Waals surface area contributed by atoms with Crippen LogP contribution in [-0.2, 0) is 4.74 Å². The molecule has 0 radical (unpaired) electrons. The first-order valence-corrected chi connectivity index (χ1v) is 5.69. The molecule has 0 aromatic heterocycles. The van der Waals surface area contributed by atoms with E-state index in [1.54, 1.807) is 6.34 Å². The fraction of sp³-hybridized carbons (Fsp3) is 0.727. The van der Waals surface area contributed by atoms with E-state index in [1.165, 1.54) is 5.57 Å². The molecule has 1 unspecified atom stereocenters. The number of rotatable bonds is 2. The number of aliphatic hydroxyl groups excluding tert-OH is 1. The quantitative estimate of drug-likeness (QED) is 0.691. The molecule has 0 aromatic carbocycles. The van der Waals surface area contributed by atoms with E-state index in [9.17, 15) is 0 Å². The average molecular weight is 225 g/mol. The molecule has 1 fully saturated rings. The molecule has 0 bridgehead atoms. The molecule has 2 rings (SSSR count). The average Bonchev–Trinajstić information content (AvgIpc) is 2.33. The van der Waals surface area contributed by atoms with Gasteiger partial charge in [0.05, 0.1) is 25.7 Å². The fourth-order valence-corrected chi connectivity index (χ4v) is 1.98. The van der Waals surface area contributed by atoms with Crippen molar-refractivity contribution in [1.82, 2.24) is 10.2 Å². The Labute approximate surface area is 95.8 Å². The van der Waals surface area contributed by atoms with Gasteiger partial charge in [-0.1, -0.05) is 0 Å². The van der Waals surface area contributed by atoms with Gasteiger partial charge in [0.2, 0.25) is 0 Å². The largest absolute Gasteiger partial charge is 0.394 e. The lowest BCUT2D eigenvalue weighted by Gasteiger charge is -2.36. The van der Waals surface area contributed by atoms with E-state index in [4.69, 9.17) is 9.84 Å². The number of ether oxygens (including phenoxy) is 1. The van der Waals surface area contributed by atoms with Crippen molar-refractivity contribution in [3.63, 3.8) is 0 Å². The number of morpholine rings is 1. The second-order valence-corrected chi connectivity index (χ2v) is 4.27. The van der Waals surface area contributed by atoms with Gasteiger partial charge in [0, 0.05) is 19.1 Å². The topological polar surface area (TPSA) is 57.1 Å². The molecule has 0 amide bonds. The van der Waals surface area contributed by atoms with Gasteiger partial charge in [-0.3, -0.25) is 0 Å². The predicted octanol–water partition coefficient (Wildman–Crippen LogP) is -0.0690. The van der Waals surface area contributed by atoms with Crippen LogP contribution in [0.1, 0.15) is 13.8 Å². The van der Waals surface area contributed by atoms with Crippen LogP contribution >= 0.6 is 0 Å². The number of aliphatic imine (C=N–C) groups is 1. The first-order valence-electron chi connectivity index (χ1n) is 5.69. The Kier molecular flexibility index (Phi) is 3.46. The van der Waals surface area contributed by atoms with Crippen LogP contribution in [0.3, 0.4) is 0 Å². The van der Waals surface area contributed by atoms with Crippen molar-refractivity contribution in [1.29, 1.82) is 0 Å². The number of aliphatic hydroxyl groups is 1. The molecule has 0 aromatic rings. The summed E-state index contributed by atoms with van der Waals surface area (Å²) in [6, 6.07) is 0.322. The van der Waals surface area contributed by atoms with Gasteiger partial charge in [-0.15, -0.1) is 0 Å². The molecule has 0 spiro atoms. The first-order chi connectivity index (χ1) is 7.72. The molecular weight excluding hydrogens is 206 g/mol. The van der Waals surface area contributed by atoms with Crippen LogP contribution in [0.15, 0.2) is 16.4 Å². The van der Waals surface area contributed by atoms with Gasteiger partial charge < -0.3 is 20.1 Å². The van der Waals surface area contributed by atoms with Gasteiger partial charge in [0.15, 0.2) is 0 Å². The Morgan fingerprint density at radius 1 is 1.69 bits per heavy atom. The highest BCUT2D eigenvalue weighted by atomic mass is 16.5. The van der Waals surface area contributed by atoms with Gasteiger partial charge in [0.25, 0.3) is 0 Å². The summed E-state index contributed by atoms with van der Waals surface area (Å²) in [4.78, 5) is 6.57. The molecule has 0 saturated carbocycles. The van der Waals surface area contributed by atoms with E-state index >= 15 is 0 Å². The molecule has 1 saturated heterocycles. The van der Waals surface area contributed by atoms with E-state index in [0.29, 0.717) is 19.2 Å². The van der Waals surface area contributed by atoms with Crippen LogP contribution in [0.4, 0.5) is 0 Å². The SMILES string of the molecule is CC1=C(N2CCO[C@H](CO)C2)N=CNC1C. The maximum absolute atomic E-state index is 9.11. The fourth-order valence-electron chi connectivity index (χ4n) is 1.98. The molecule has 5 nitrogen and oxygen atoms in total. The Morgan fingerprint density at radius 2 is 2.50 bits per heavy atom. The highest BCUT2D eigenvalue weighted by Gasteiger charge is 2.24. The normalized spacial score (nSPS) is 30.6. The molecule has 2 N–H and O–H groups in total. The van der Waals surface area contributed by atoms with Gasteiger partial charge in [-0.05, 0) is 19.4 Å². The molecule has 5 heteroatoms. The lowest BCUT2D eigenvalue weighted by Crippen LogP contribution is -2.45. The summed E-state index contributed by atoms with van der Waals surface area (Å²) >= 11 is 0. The standard InChI is InChI=1S/C11H19N3O2/c1-8-9(2)12-7-13-11(8)14-3-4-16-10(5-14)6-15/h7,9-10,15H,3-6H2,1-2H3,(H,12,13)/t9?,10-/m0/s1. The van der Waals surface area contributed by atoms with Crippen LogP contribution < -0.4 is 5.32 Å². The molecule has 16 heavy (non-hydrogen) atoms. The Hall–Kier alpha value is -1.07. The molecule has 90 valence electrons. The zero-order valence-corrected chi connectivity index (χ0v) is 9.81. The van der Waals surface area contributed by atoms with Crippen LogP contribution in [0.2, 0.25) is 0 Å². The van der Waals surface area contributed by atoms with Crippen molar-refractivity contribution >= 4 is 6.34 Å². The van der Waals surface area contributed by atoms with Crippen molar-refractivity contribution in [2.24, 2.45) is 4.99 Å². The smallest absolute Gasteiger partial charge is 0.131 e. The molecule has 2 aliphatic rings. The minimum Gasteiger partial charge on any atom is -0.394 e. The van der Waals surface area contributed by atoms with Crippen molar-refractivity contribution in [2.75, 3.05) is 26.3 Å². The molecule has 2 heterocycles. The van der Waals surface area contributed by atoms with E-state index in [-0.39, 0.29) is 12.7 Å². The molecule has 0 aliphatic carbocycles. The van der Waals surface area contributed by atoms with Crippen LogP contribution in [0.5, 0.6) is 0 Å². The summed E-state index contributed by atoms with van der Waals surface area (Å²) in [5, 5.41) is 12.3. The summed E-state index contributed by atoms with van der Waals surface area (Å²) < 4.78 is 5.43. The minimum atomic E-state index is -0.0885. The maximum Gasteiger partial charge on any atom is 0.131 e. The van der Waals surface area contributed by atoms with Gasteiger partial charge in [-0.2, -0.15) is 0 Å². The third kappa shape index (κ3) is 2.20. The van der Waals surface area contributed by atoms with Crippen LogP contribution in [0.25, 0.3) is 0 Å². The van der Waals surface area contributed by atoms with E-state index in [2.05, 4.69) is 29.1 Å². The zero-order valence-electron chi connectivity index (χ0n) is 9.81. The van der Waals surface area contributed by atoms with Crippen molar-refractivity contribution < 1.29 is 9.84 Å². The Bertz CT molecular complexity index is 314. The second kappa shape index (κ2) is 4.84. The summed E-state index contributed by atoms with van der Waals surface area (Å²) in [6.07, 6.45) is 1.66. The number of hydrogen-bond acceptors (Lipinski definition) is 5. The predicted molar refractivity (Wildman–Crippen MR) is 62.2 cm³/mol. The van der Waals surface area contributed by atoms with Crippen molar-refractivity contribution in [3.8, 4) is 0 Å². The summed E-state index contributed by atoms with van der Waals surface area (Å²) in [5.74, 6) is 1.02. The maximum atomic E-state index is 9.11. The van der Waals surface area contributed by atoms with Crippen molar-refractivity contribution in [3.05, 3.63) is 11.4 Å². The van der Waals surface area contributed by atoms with Gasteiger partial charge in [0.1, 0.15) is 5.82 Å². The lowest BCUT2D eigenvalue weighted by atomic mass is 10.1. The van der Waals surface area contributed by atoms with Crippen LogP contribution in [0, 0.1) is 0 Å². The number of hydrogen-bond donors (Lipinski definition) is 2. The summed E-state index contributed by atoms with van der Waals surface area (Å²) in [6.45, 7) is 6.48. The Balaban J connectivity index is 2.11. The van der Waals surface area contributed by atoms with Crippen molar-refractivity contribution in [2.45, 2.75) is 26.0 Å². The molecular formula is C11H19N3O2. The minimum absolute atomic E-state index is 0.0698. The lowest BCUT2D eigenvalue weighted by molar-refractivity contribution is -0.0438. The highest BCUT2D eigenvalue weighted by Crippen LogP contribution is 2.20. The van der Waals surface area contributed by atoms with E-state index in [0.717, 1.165) is 12.4 Å². The summed E-state index contributed by atoms with van der Waals surface area (Å²) in [5.41, 5.74) is 1.24. The number of nitrogens with one attached hydrogen (secondary N) is 1. The molecule has 2 atom stereocenters. The number of nitrogens with zero attached hydrogens (tertiary/aromatic N) is 2.